The third-order valence-electron chi connectivity index (χ3n) is 6.20. The Labute approximate surface area is 213 Å². The highest BCUT2D eigenvalue weighted by Gasteiger charge is 2.20. The average molecular weight is 481 g/mol. The summed E-state index contributed by atoms with van der Waals surface area (Å²) in [4.78, 5) is 16.4. The van der Waals surface area contributed by atoms with Crippen molar-refractivity contribution in [2.75, 3.05) is 60.3 Å². The fourth-order valence-corrected chi connectivity index (χ4v) is 4.21. The number of anilines is 5. The first-order chi connectivity index (χ1) is 17.6. The van der Waals surface area contributed by atoms with Crippen molar-refractivity contribution in [2.45, 2.75) is 6.61 Å². The van der Waals surface area contributed by atoms with Crippen molar-refractivity contribution < 1.29 is 4.74 Å². The second-order valence-electron chi connectivity index (χ2n) is 9.04. The van der Waals surface area contributed by atoms with E-state index in [2.05, 4.69) is 57.6 Å². The molecule has 1 aliphatic heterocycles. The summed E-state index contributed by atoms with van der Waals surface area (Å²) in [6, 6.07) is 30.7. The Balaban J connectivity index is 1.29. The monoisotopic (exact) mass is 480 g/mol. The quantitative estimate of drug-likeness (QED) is 0.372. The number of nitrogens with zero attached hydrogens (tertiary/aromatic N) is 5. The highest BCUT2D eigenvalue weighted by molar-refractivity contribution is 5.63. The molecule has 1 aromatic heterocycles. The lowest BCUT2D eigenvalue weighted by Crippen LogP contribution is -2.47. The van der Waals surface area contributed by atoms with Gasteiger partial charge in [0.25, 0.3) is 0 Å². The molecule has 2 heterocycles. The van der Waals surface area contributed by atoms with E-state index < -0.39 is 0 Å². The van der Waals surface area contributed by atoms with Gasteiger partial charge in [0, 0.05) is 63.8 Å². The standard InChI is InChI=1S/C29H32N6O/c1-33(2)28-21-27(30-24-12-9-15-26(20-24)36-22-23-10-5-3-6-11-23)31-29(32-28)35-18-16-34(17-19-35)25-13-7-4-8-14-25/h3-15,20-21H,16-19,22H2,1-2H3,(H,30,31,32). The molecule has 1 saturated heterocycles. The van der Waals surface area contributed by atoms with Gasteiger partial charge in [0.15, 0.2) is 0 Å². The second kappa shape index (κ2) is 11.0. The summed E-state index contributed by atoms with van der Waals surface area (Å²) in [6.45, 7) is 4.13. The van der Waals surface area contributed by atoms with Gasteiger partial charge in [-0.3, -0.25) is 0 Å². The molecule has 0 aliphatic carbocycles. The number of para-hydroxylation sites is 1. The Morgan fingerprint density at radius 2 is 1.47 bits per heavy atom. The third-order valence-corrected chi connectivity index (χ3v) is 6.20. The van der Waals surface area contributed by atoms with E-state index in [1.807, 2.05) is 67.5 Å². The lowest BCUT2D eigenvalue weighted by molar-refractivity contribution is 0.306. The molecule has 0 spiro atoms. The summed E-state index contributed by atoms with van der Waals surface area (Å²) in [7, 11) is 4.00. The molecule has 0 unspecified atom stereocenters. The van der Waals surface area contributed by atoms with Crippen LogP contribution in [0.1, 0.15) is 5.56 Å². The lowest BCUT2D eigenvalue weighted by Gasteiger charge is -2.36. The summed E-state index contributed by atoms with van der Waals surface area (Å²) >= 11 is 0. The van der Waals surface area contributed by atoms with E-state index in [0.29, 0.717) is 6.61 Å². The maximum absolute atomic E-state index is 6.00. The van der Waals surface area contributed by atoms with Crippen LogP contribution in [0.25, 0.3) is 0 Å². The van der Waals surface area contributed by atoms with Crippen molar-refractivity contribution >= 4 is 29.0 Å². The fourth-order valence-electron chi connectivity index (χ4n) is 4.21. The Hall–Kier alpha value is -4.26. The summed E-state index contributed by atoms with van der Waals surface area (Å²) in [5, 5.41) is 3.46. The Morgan fingerprint density at radius 3 is 2.19 bits per heavy atom. The Kier molecular flexibility index (Phi) is 7.17. The molecular weight excluding hydrogens is 448 g/mol. The van der Waals surface area contributed by atoms with Crippen LogP contribution in [-0.2, 0) is 6.61 Å². The van der Waals surface area contributed by atoms with Crippen LogP contribution in [0.5, 0.6) is 5.75 Å². The number of rotatable bonds is 8. The van der Waals surface area contributed by atoms with Crippen LogP contribution < -0.4 is 24.8 Å². The minimum atomic E-state index is 0.529. The van der Waals surface area contributed by atoms with Gasteiger partial charge in [-0.25, -0.2) is 0 Å². The van der Waals surface area contributed by atoms with Crippen LogP contribution in [0.4, 0.5) is 29.0 Å². The average Bonchev–Trinajstić information content (AvgIpc) is 2.93. The molecule has 1 N–H and O–H groups in total. The molecule has 5 rings (SSSR count). The highest BCUT2D eigenvalue weighted by Crippen LogP contribution is 2.26. The summed E-state index contributed by atoms with van der Waals surface area (Å²) in [5.74, 6) is 3.18. The van der Waals surface area contributed by atoms with E-state index >= 15 is 0 Å². The molecule has 0 atom stereocenters. The first-order valence-electron chi connectivity index (χ1n) is 12.3. The van der Waals surface area contributed by atoms with Crippen LogP contribution in [0.15, 0.2) is 91.0 Å². The molecule has 1 aliphatic rings. The van der Waals surface area contributed by atoms with Crippen LogP contribution >= 0.6 is 0 Å². The number of piperazine rings is 1. The van der Waals surface area contributed by atoms with Crippen molar-refractivity contribution in [1.82, 2.24) is 9.97 Å². The minimum absolute atomic E-state index is 0.529. The van der Waals surface area contributed by atoms with Gasteiger partial charge in [-0.1, -0.05) is 54.6 Å². The van der Waals surface area contributed by atoms with Gasteiger partial charge in [0.05, 0.1) is 0 Å². The number of hydrogen-bond donors (Lipinski definition) is 1. The molecule has 7 nitrogen and oxygen atoms in total. The highest BCUT2D eigenvalue weighted by atomic mass is 16.5. The van der Waals surface area contributed by atoms with Crippen molar-refractivity contribution in [3.63, 3.8) is 0 Å². The van der Waals surface area contributed by atoms with Gasteiger partial charge in [0.1, 0.15) is 24.0 Å². The van der Waals surface area contributed by atoms with Crippen molar-refractivity contribution in [2.24, 2.45) is 0 Å². The first-order valence-corrected chi connectivity index (χ1v) is 12.3. The Bertz CT molecular complexity index is 1260. The van der Waals surface area contributed by atoms with Crippen molar-refractivity contribution in [3.05, 3.63) is 96.6 Å². The summed E-state index contributed by atoms with van der Waals surface area (Å²) < 4.78 is 6.00. The summed E-state index contributed by atoms with van der Waals surface area (Å²) in [5.41, 5.74) is 3.32. The molecule has 0 amide bonds. The second-order valence-corrected chi connectivity index (χ2v) is 9.04. The van der Waals surface area contributed by atoms with E-state index in [-0.39, 0.29) is 0 Å². The number of ether oxygens (including phenoxy) is 1. The van der Waals surface area contributed by atoms with Crippen LogP contribution in [0, 0.1) is 0 Å². The molecule has 0 bridgehead atoms. The normalized spacial score (nSPS) is 13.4. The molecule has 184 valence electrons. The van der Waals surface area contributed by atoms with E-state index in [4.69, 9.17) is 14.7 Å². The maximum atomic E-state index is 6.00. The molecule has 0 saturated carbocycles. The molecule has 4 aromatic rings. The fraction of sp³-hybridized carbons (Fsp3) is 0.241. The van der Waals surface area contributed by atoms with Crippen LogP contribution in [-0.4, -0.2) is 50.2 Å². The van der Waals surface area contributed by atoms with E-state index in [1.165, 1.54) is 5.69 Å². The third kappa shape index (κ3) is 5.86. The van der Waals surface area contributed by atoms with Crippen molar-refractivity contribution in [3.8, 4) is 5.75 Å². The first kappa shape index (κ1) is 23.5. The lowest BCUT2D eigenvalue weighted by atomic mass is 10.2. The molecule has 7 heteroatoms. The topological polar surface area (TPSA) is 56.8 Å². The molecule has 3 aromatic carbocycles. The number of nitrogens with one attached hydrogen (secondary N) is 1. The predicted octanol–water partition coefficient (Wildman–Crippen LogP) is 5.19. The van der Waals surface area contributed by atoms with Gasteiger partial charge in [-0.15, -0.1) is 0 Å². The SMILES string of the molecule is CN(C)c1cc(Nc2cccc(OCc3ccccc3)c2)nc(N2CCN(c3ccccc3)CC2)n1. The van der Waals surface area contributed by atoms with E-state index in [0.717, 1.165) is 60.8 Å². The van der Waals surface area contributed by atoms with Gasteiger partial charge in [-0.05, 0) is 29.8 Å². The van der Waals surface area contributed by atoms with Crippen LogP contribution in [0.3, 0.4) is 0 Å². The van der Waals surface area contributed by atoms with Gasteiger partial charge in [-0.2, -0.15) is 9.97 Å². The zero-order valence-electron chi connectivity index (χ0n) is 20.8. The van der Waals surface area contributed by atoms with Gasteiger partial charge in [0.2, 0.25) is 5.95 Å². The molecule has 36 heavy (non-hydrogen) atoms. The molecule has 1 fully saturated rings. The number of benzene rings is 3. The smallest absolute Gasteiger partial charge is 0.229 e. The Morgan fingerprint density at radius 1 is 0.778 bits per heavy atom. The predicted molar refractivity (Wildman–Crippen MR) is 148 cm³/mol. The van der Waals surface area contributed by atoms with Crippen LogP contribution in [0.2, 0.25) is 0 Å². The molecule has 0 radical (unpaired) electrons. The largest absolute Gasteiger partial charge is 0.489 e. The minimum Gasteiger partial charge on any atom is -0.489 e. The zero-order valence-corrected chi connectivity index (χ0v) is 20.8. The van der Waals surface area contributed by atoms with Gasteiger partial charge >= 0.3 is 0 Å². The number of aromatic nitrogens is 2. The zero-order chi connectivity index (χ0) is 24.7. The van der Waals surface area contributed by atoms with E-state index in [1.54, 1.807) is 0 Å². The van der Waals surface area contributed by atoms with Gasteiger partial charge < -0.3 is 24.8 Å². The maximum Gasteiger partial charge on any atom is 0.229 e. The summed E-state index contributed by atoms with van der Waals surface area (Å²) in [6.07, 6.45) is 0. The van der Waals surface area contributed by atoms with E-state index in [9.17, 15) is 0 Å². The number of hydrogen-bond acceptors (Lipinski definition) is 7. The molecular formula is C29H32N6O. The van der Waals surface area contributed by atoms with Crippen molar-refractivity contribution in [1.29, 1.82) is 0 Å².